The van der Waals surface area contributed by atoms with Crippen molar-refractivity contribution in [2.24, 2.45) is 0 Å². The number of hydrogen-bond acceptors (Lipinski definition) is 5. The maximum Gasteiger partial charge on any atom is 0.337 e. The van der Waals surface area contributed by atoms with Gasteiger partial charge in [0.25, 0.3) is 10.0 Å². The van der Waals surface area contributed by atoms with Crippen molar-refractivity contribution in [3.63, 3.8) is 0 Å². The second-order valence-electron chi connectivity index (χ2n) is 6.84. The van der Waals surface area contributed by atoms with E-state index in [0.29, 0.717) is 0 Å². The lowest BCUT2D eigenvalue weighted by Gasteiger charge is -2.36. The molecule has 0 amide bonds. The van der Waals surface area contributed by atoms with Crippen LogP contribution in [0.5, 0.6) is 5.75 Å². The number of methoxy groups -OCH3 is 1. The molecule has 2 aliphatic rings. The molecule has 1 aliphatic carbocycles. The lowest BCUT2D eigenvalue weighted by Crippen LogP contribution is -2.46. The molecule has 1 heterocycles. The summed E-state index contributed by atoms with van der Waals surface area (Å²) < 4.78 is 52.2. The number of fused-ring (bicyclic) bond motifs is 1. The molecular formula is C19H18FNO5S. The van der Waals surface area contributed by atoms with E-state index in [2.05, 4.69) is 0 Å². The molecule has 6 nitrogen and oxygen atoms in total. The third-order valence-electron chi connectivity index (χ3n) is 4.89. The fourth-order valence-corrected chi connectivity index (χ4v) is 4.88. The largest absolute Gasteiger partial charge is 0.480 e. The summed E-state index contributed by atoms with van der Waals surface area (Å²) in [4.78, 5) is 12.0. The number of benzene rings is 2. The standard InChI is InChI=1S/C19H18FNO5S/c1-12-4-3-5-14(8-12)27(23,24)21-11-19(10-17(19)20)26-16-7-6-13(9-15(16)21)18(22)25-2/h3-9,17H,10-11H2,1-2H3. The molecule has 8 heteroatoms. The molecule has 2 aromatic carbocycles. The summed E-state index contributed by atoms with van der Waals surface area (Å²) in [7, 11) is -2.72. The maximum absolute atomic E-state index is 14.0. The molecule has 1 spiro atoms. The minimum atomic E-state index is -3.97. The van der Waals surface area contributed by atoms with Crippen LogP contribution in [0.4, 0.5) is 10.1 Å². The molecule has 1 aliphatic heterocycles. The Morgan fingerprint density at radius 1 is 1.30 bits per heavy atom. The highest BCUT2D eigenvalue weighted by Crippen LogP contribution is 2.51. The first-order valence-corrected chi connectivity index (χ1v) is 9.86. The van der Waals surface area contributed by atoms with Gasteiger partial charge in [0.1, 0.15) is 11.9 Å². The second-order valence-corrected chi connectivity index (χ2v) is 8.70. The van der Waals surface area contributed by atoms with Crippen LogP contribution < -0.4 is 9.04 Å². The molecule has 1 saturated carbocycles. The molecule has 4 rings (SSSR count). The van der Waals surface area contributed by atoms with Crippen LogP contribution in [-0.4, -0.2) is 39.8 Å². The van der Waals surface area contributed by atoms with Crippen LogP contribution in [0.2, 0.25) is 0 Å². The number of sulfonamides is 1. The maximum atomic E-state index is 14.0. The Labute approximate surface area is 156 Å². The van der Waals surface area contributed by atoms with Crippen LogP contribution in [0.15, 0.2) is 47.4 Å². The molecule has 27 heavy (non-hydrogen) atoms. The van der Waals surface area contributed by atoms with E-state index in [1.54, 1.807) is 25.1 Å². The molecule has 0 bridgehead atoms. The Morgan fingerprint density at radius 2 is 2.04 bits per heavy atom. The zero-order chi connectivity index (χ0) is 19.4. The zero-order valence-corrected chi connectivity index (χ0v) is 15.6. The van der Waals surface area contributed by atoms with Gasteiger partial charge in [0, 0.05) is 6.42 Å². The molecule has 0 aromatic heterocycles. The Balaban J connectivity index is 1.85. The zero-order valence-electron chi connectivity index (χ0n) is 14.8. The van der Waals surface area contributed by atoms with Gasteiger partial charge in [-0.2, -0.15) is 0 Å². The van der Waals surface area contributed by atoms with Gasteiger partial charge in [0.15, 0.2) is 5.60 Å². The first-order valence-electron chi connectivity index (χ1n) is 8.42. The van der Waals surface area contributed by atoms with Crippen LogP contribution in [0, 0.1) is 6.92 Å². The molecule has 2 unspecified atom stereocenters. The van der Waals surface area contributed by atoms with Crippen molar-refractivity contribution in [2.75, 3.05) is 18.0 Å². The fraction of sp³-hybridized carbons (Fsp3) is 0.316. The number of rotatable bonds is 3. The van der Waals surface area contributed by atoms with Gasteiger partial charge in [0.05, 0.1) is 29.8 Å². The Bertz CT molecular complexity index is 1040. The predicted molar refractivity (Wildman–Crippen MR) is 96.4 cm³/mol. The molecule has 0 N–H and O–H groups in total. The monoisotopic (exact) mass is 391 g/mol. The average molecular weight is 391 g/mol. The number of ether oxygens (including phenoxy) is 2. The topological polar surface area (TPSA) is 72.9 Å². The third kappa shape index (κ3) is 2.84. The number of hydrogen-bond donors (Lipinski definition) is 0. The highest BCUT2D eigenvalue weighted by atomic mass is 32.2. The summed E-state index contributed by atoms with van der Waals surface area (Å²) in [5.41, 5.74) is 0.00535. The van der Waals surface area contributed by atoms with Gasteiger partial charge in [-0.3, -0.25) is 4.31 Å². The van der Waals surface area contributed by atoms with Crippen molar-refractivity contribution in [3.8, 4) is 5.75 Å². The number of esters is 1. The molecule has 2 aromatic rings. The molecule has 0 radical (unpaired) electrons. The number of alkyl halides is 1. The highest BCUT2D eigenvalue weighted by molar-refractivity contribution is 7.92. The van der Waals surface area contributed by atoms with Crippen molar-refractivity contribution in [1.82, 2.24) is 0 Å². The summed E-state index contributed by atoms with van der Waals surface area (Å²) >= 11 is 0. The lowest BCUT2D eigenvalue weighted by atomic mass is 10.1. The number of carbonyl (C=O) groups is 1. The van der Waals surface area contributed by atoms with Gasteiger partial charge in [-0.05, 0) is 42.8 Å². The van der Waals surface area contributed by atoms with Crippen molar-refractivity contribution in [2.45, 2.75) is 30.0 Å². The number of anilines is 1. The quantitative estimate of drug-likeness (QED) is 0.753. The first kappa shape index (κ1) is 17.8. The van der Waals surface area contributed by atoms with Gasteiger partial charge < -0.3 is 9.47 Å². The summed E-state index contributed by atoms with van der Waals surface area (Å²) in [5, 5.41) is 0. The van der Waals surface area contributed by atoms with Gasteiger partial charge in [-0.15, -0.1) is 0 Å². The summed E-state index contributed by atoms with van der Waals surface area (Å²) in [6, 6.07) is 10.8. The number of carbonyl (C=O) groups excluding carboxylic acids is 1. The van der Waals surface area contributed by atoms with E-state index in [0.717, 1.165) is 9.87 Å². The fourth-order valence-electron chi connectivity index (χ4n) is 3.25. The Morgan fingerprint density at radius 3 is 2.67 bits per heavy atom. The molecule has 2 atom stereocenters. The third-order valence-corrected chi connectivity index (χ3v) is 6.64. The van der Waals surface area contributed by atoms with Crippen LogP contribution >= 0.6 is 0 Å². The van der Waals surface area contributed by atoms with E-state index in [4.69, 9.17) is 9.47 Å². The Kier molecular flexibility index (Phi) is 3.92. The molecule has 1 fully saturated rings. The van der Waals surface area contributed by atoms with Crippen LogP contribution in [-0.2, 0) is 14.8 Å². The summed E-state index contributed by atoms with van der Waals surface area (Å²) in [5.74, 6) is -0.369. The van der Waals surface area contributed by atoms with Crippen LogP contribution in [0.1, 0.15) is 22.3 Å². The van der Waals surface area contributed by atoms with Crippen molar-refractivity contribution in [1.29, 1.82) is 0 Å². The van der Waals surface area contributed by atoms with Crippen molar-refractivity contribution in [3.05, 3.63) is 53.6 Å². The minimum Gasteiger partial charge on any atom is -0.480 e. The second kappa shape index (κ2) is 5.95. The van der Waals surface area contributed by atoms with E-state index < -0.39 is 27.8 Å². The summed E-state index contributed by atoms with van der Waals surface area (Å²) in [6.07, 6.45) is -1.11. The SMILES string of the molecule is COC(=O)c1ccc2c(c1)N(S(=O)(=O)c1cccc(C)c1)CC1(CC1F)O2. The van der Waals surface area contributed by atoms with E-state index in [1.807, 2.05) is 0 Å². The van der Waals surface area contributed by atoms with E-state index >= 15 is 0 Å². The van der Waals surface area contributed by atoms with E-state index in [1.165, 1.54) is 31.4 Å². The normalized spacial score (nSPS) is 23.5. The minimum absolute atomic E-state index is 0.102. The predicted octanol–water partition coefficient (Wildman–Crippen LogP) is 2.85. The molecule has 0 saturated heterocycles. The van der Waals surface area contributed by atoms with Crippen LogP contribution in [0.3, 0.4) is 0 Å². The van der Waals surface area contributed by atoms with Gasteiger partial charge in [-0.1, -0.05) is 12.1 Å². The van der Waals surface area contributed by atoms with Crippen LogP contribution in [0.25, 0.3) is 0 Å². The molecule has 142 valence electrons. The van der Waals surface area contributed by atoms with E-state index in [9.17, 15) is 17.6 Å². The first-order chi connectivity index (χ1) is 12.8. The van der Waals surface area contributed by atoms with Gasteiger partial charge in [-0.25, -0.2) is 17.6 Å². The number of halogens is 1. The smallest absolute Gasteiger partial charge is 0.337 e. The Hall–Kier alpha value is -2.61. The lowest BCUT2D eigenvalue weighted by molar-refractivity contribution is 0.0600. The average Bonchev–Trinajstić information content (AvgIpc) is 3.27. The molecular weight excluding hydrogens is 373 g/mol. The highest BCUT2D eigenvalue weighted by Gasteiger charge is 2.62. The van der Waals surface area contributed by atoms with E-state index in [-0.39, 0.29) is 34.9 Å². The van der Waals surface area contributed by atoms with Gasteiger partial charge in [0.2, 0.25) is 0 Å². The van der Waals surface area contributed by atoms with Gasteiger partial charge >= 0.3 is 5.97 Å². The van der Waals surface area contributed by atoms with Crippen molar-refractivity contribution < 1.29 is 27.1 Å². The summed E-state index contributed by atoms with van der Waals surface area (Å²) in [6.45, 7) is 1.64. The number of nitrogens with zero attached hydrogens (tertiary/aromatic N) is 1. The van der Waals surface area contributed by atoms with Crippen molar-refractivity contribution >= 4 is 21.7 Å². The number of aryl methyl sites for hydroxylation is 1.